The molecule has 0 aliphatic rings. The highest BCUT2D eigenvalue weighted by Gasteiger charge is 2.21. The number of rotatable bonds is 5. The Balaban J connectivity index is 1.69. The molecule has 144 valence electrons. The van der Waals surface area contributed by atoms with Crippen LogP contribution in [0.25, 0.3) is 22.0 Å². The Morgan fingerprint density at radius 1 is 1.03 bits per heavy atom. The summed E-state index contributed by atoms with van der Waals surface area (Å²) < 4.78 is 0. The van der Waals surface area contributed by atoms with Crippen LogP contribution in [0.2, 0.25) is 0 Å². The van der Waals surface area contributed by atoms with Gasteiger partial charge in [0, 0.05) is 61.6 Å². The Labute approximate surface area is 169 Å². The van der Waals surface area contributed by atoms with Crippen molar-refractivity contribution < 1.29 is 4.79 Å². The zero-order valence-electron chi connectivity index (χ0n) is 16.4. The first-order valence-electron chi connectivity index (χ1n) is 9.45. The highest BCUT2D eigenvalue weighted by molar-refractivity contribution is 6.01. The molecule has 0 fully saturated rings. The van der Waals surface area contributed by atoms with Crippen LogP contribution in [0.15, 0.2) is 73.4 Å². The number of amides is 1. The van der Waals surface area contributed by atoms with E-state index in [2.05, 4.69) is 19.9 Å². The third kappa shape index (κ3) is 3.96. The number of pyridine rings is 4. The number of aromatic nitrogens is 4. The minimum absolute atomic E-state index is 0.0169. The molecule has 1 unspecified atom stereocenters. The van der Waals surface area contributed by atoms with Gasteiger partial charge in [-0.15, -0.1) is 0 Å². The molecule has 0 saturated heterocycles. The summed E-state index contributed by atoms with van der Waals surface area (Å²) in [6.45, 7) is 2.02. The lowest BCUT2D eigenvalue weighted by atomic mass is 10.0. The normalized spacial score (nSPS) is 11.9. The first-order valence-corrected chi connectivity index (χ1v) is 9.45. The van der Waals surface area contributed by atoms with Crippen LogP contribution in [0.1, 0.15) is 23.1 Å². The van der Waals surface area contributed by atoms with Gasteiger partial charge in [0.15, 0.2) is 0 Å². The van der Waals surface area contributed by atoms with Gasteiger partial charge in [-0.05, 0) is 54.4 Å². The summed E-state index contributed by atoms with van der Waals surface area (Å²) in [5.41, 5.74) is 3.99. The van der Waals surface area contributed by atoms with E-state index in [-0.39, 0.29) is 11.9 Å². The van der Waals surface area contributed by atoms with Gasteiger partial charge in [-0.3, -0.25) is 19.7 Å². The Morgan fingerprint density at radius 3 is 2.59 bits per heavy atom. The van der Waals surface area contributed by atoms with E-state index in [1.54, 1.807) is 42.9 Å². The molecule has 4 aromatic rings. The number of carbonyl (C=O) groups excluding carboxylic acids is 1. The van der Waals surface area contributed by atoms with Crippen molar-refractivity contribution in [3.05, 3.63) is 84.8 Å². The molecule has 0 spiro atoms. The van der Waals surface area contributed by atoms with Crippen molar-refractivity contribution >= 4 is 16.8 Å². The summed E-state index contributed by atoms with van der Waals surface area (Å²) in [6, 6.07) is 13.3. The van der Waals surface area contributed by atoms with Crippen LogP contribution in [0.5, 0.6) is 0 Å². The Bertz CT molecular complexity index is 1130. The van der Waals surface area contributed by atoms with Crippen molar-refractivity contribution in [2.45, 2.75) is 19.4 Å². The van der Waals surface area contributed by atoms with Gasteiger partial charge in [0.2, 0.25) is 0 Å². The zero-order chi connectivity index (χ0) is 20.2. The highest BCUT2D eigenvalue weighted by atomic mass is 16.2. The molecule has 4 heterocycles. The lowest BCUT2D eigenvalue weighted by Gasteiger charge is -2.25. The molecular formula is C23H21N5O. The minimum Gasteiger partial charge on any atom is -0.337 e. The fraction of sp³-hybridized carbons (Fsp3) is 0.174. The predicted octanol–water partition coefficient (Wildman–Crippen LogP) is 3.79. The number of likely N-dealkylation sites (N-methyl/N-ethyl adjacent to an activating group) is 1. The topological polar surface area (TPSA) is 71.9 Å². The van der Waals surface area contributed by atoms with Crippen LogP contribution in [-0.4, -0.2) is 43.8 Å². The van der Waals surface area contributed by atoms with E-state index in [9.17, 15) is 4.79 Å². The van der Waals surface area contributed by atoms with Gasteiger partial charge in [0.25, 0.3) is 5.91 Å². The average molecular weight is 383 g/mol. The quantitative estimate of drug-likeness (QED) is 0.524. The van der Waals surface area contributed by atoms with Gasteiger partial charge in [-0.25, -0.2) is 4.98 Å². The summed E-state index contributed by atoms with van der Waals surface area (Å²) in [5, 5.41) is 0.902. The SMILES string of the molecule is CC(Cc1ccccn1)N(C)C(=O)c1cc(-c2ccncc2)c2cnccc2n1. The van der Waals surface area contributed by atoms with E-state index in [0.29, 0.717) is 12.1 Å². The molecule has 0 bridgehead atoms. The minimum atomic E-state index is -0.123. The summed E-state index contributed by atoms with van der Waals surface area (Å²) in [4.78, 5) is 32.2. The van der Waals surface area contributed by atoms with Crippen LogP contribution in [-0.2, 0) is 6.42 Å². The van der Waals surface area contributed by atoms with E-state index in [1.165, 1.54) is 0 Å². The molecule has 0 aliphatic heterocycles. The van der Waals surface area contributed by atoms with Gasteiger partial charge in [-0.1, -0.05) is 6.07 Å². The van der Waals surface area contributed by atoms with Crippen LogP contribution in [0.3, 0.4) is 0 Å². The van der Waals surface area contributed by atoms with Crippen molar-refractivity contribution in [3.63, 3.8) is 0 Å². The number of hydrogen-bond donors (Lipinski definition) is 0. The Hall–Kier alpha value is -3.67. The lowest BCUT2D eigenvalue weighted by Crippen LogP contribution is -2.37. The monoisotopic (exact) mass is 383 g/mol. The van der Waals surface area contributed by atoms with Crippen molar-refractivity contribution in [1.82, 2.24) is 24.8 Å². The van der Waals surface area contributed by atoms with Crippen molar-refractivity contribution in [2.24, 2.45) is 0 Å². The van der Waals surface area contributed by atoms with E-state index >= 15 is 0 Å². The van der Waals surface area contributed by atoms with Crippen LogP contribution < -0.4 is 0 Å². The van der Waals surface area contributed by atoms with Gasteiger partial charge in [0.1, 0.15) is 5.69 Å². The second-order valence-electron chi connectivity index (χ2n) is 6.97. The third-order valence-corrected chi connectivity index (χ3v) is 5.03. The summed E-state index contributed by atoms with van der Waals surface area (Å²) in [7, 11) is 1.81. The third-order valence-electron chi connectivity index (χ3n) is 5.03. The zero-order valence-corrected chi connectivity index (χ0v) is 16.4. The standard InChI is InChI=1S/C23H21N5O/c1-16(13-18-5-3-4-9-26-18)28(2)23(29)22-14-19(17-6-10-24-11-7-17)20-15-25-12-8-21(20)27-22/h3-12,14-16H,13H2,1-2H3. The molecule has 6 nitrogen and oxygen atoms in total. The lowest BCUT2D eigenvalue weighted by molar-refractivity contribution is 0.0737. The van der Waals surface area contributed by atoms with Gasteiger partial charge < -0.3 is 4.90 Å². The molecule has 1 amide bonds. The van der Waals surface area contributed by atoms with Crippen LogP contribution in [0.4, 0.5) is 0 Å². The largest absolute Gasteiger partial charge is 0.337 e. The van der Waals surface area contributed by atoms with Crippen LogP contribution >= 0.6 is 0 Å². The summed E-state index contributed by atoms with van der Waals surface area (Å²) >= 11 is 0. The van der Waals surface area contributed by atoms with Crippen LogP contribution in [0, 0.1) is 0 Å². The first-order chi connectivity index (χ1) is 14.1. The molecule has 1 atom stereocenters. The second-order valence-corrected chi connectivity index (χ2v) is 6.97. The molecular weight excluding hydrogens is 362 g/mol. The predicted molar refractivity (Wildman–Crippen MR) is 112 cm³/mol. The number of carbonyl (C=O) groups is 1. The number of nitrogens with zero attached hydrogens (tertiary/aromatic N) is 5. The maximum atomic E-state index is 13.2. The molecule has 0 aliphatic carbocycles. The van der Waals surface area contributed by atoms with E-state index in [1.807, 2.05) is 49.4 Å². The summed E-state index contributed by atoms with van der Waals surface area (Å²) in [5.74, 6) is -0.123. The fourth-order valence-corrected chi connectivity index (χ4v) is 3.29. The van der Waals surface area contributed by atoms with E-state index in [0.717, 1.165) is 27.7 Å². The van der Waals surface area contributed by atoms with Crippen molar-refractivity contribution in [1.29, 1.82) is 0 Å². The molecule has 29 heavy (non-hydrogen) atoms. The van der Waals surface area contributed by atoms with Gasteiger partial charge in [0.05, 0.1) is 5.52 Å². The molecule has 0 radical (unpaired) electrons. The molecule has 4 aromatic heterocycles. The van der Waals surface area contributed by atoms with Gasteiger partial charge in [-0.2, -0.15) is 0 Å². The highest BCUT2D eigenvalue weighted by Crippen LogP contribution is 2.28. The van der Waals surface area contributed by atoms with Crippen molar-refractivity contribution in [2.75, 3.05) is 7.05 Å². The molecule has 6 heteroatoms. The second kappa shape index (κ2) is 8.14. The maximum absolute atomic E-state index is 13.2. The van der Waals surface area contributed by atoms with E-state index < -0.39 is 0 Å². The maximum Gasteiger partial charge on any atom is 0.272 e. The summed E-state index contributed by atoms with van der Waals surface area (Å²) in [6.07, 6.45) is 9.38. The average Bonchev–Trinajstić information content (AvgIpc) is 2.78. The molecule has 4 rings (SSSR count). The fourth-order valence-electron chi connectivity index (χ4n) is 3.29. The Kier molecular flexibility index (Phi) is 5.24. The van der Waals surface area contributed by atoms with Crippen molar-refractivity contribution in [3.8, 4) is 11.1 Å². The van der Waals surface area contributed by atoms with E-state index in [4.69, 9.17) is 0 Å². The molecule has 0 saturated carbocycles. The number of hydrogen-bond acceptors (Lipinski definition) is 5. The molecule has 0 aromatic carbocycles. The first kappa shape index (κ1) is 18.7. The van der Waals surface area contributed by atoms with Gasteiger partial charge >= 0.3 is 0 Å². The molecule has 0 N–H and O–H groups in total. The Morgan fingerprint density at radius 2 is 1.83 bits per heavy atom. The smallest absolute Gasteiger partial charge is 0.272 e. The number of fused-ring (bicyclic) bond motifs is 1.